The monoisotopic (exact) mass is 437 g/mol. The van der Waals surface area contributed by atoms with E-state index in [1.807, 2.05) is 19.9 Å². The van der Waals surface area contributed by atoms with Gasteiger partial charge < -0.3 is 16.2 Å². The van der Waals surface area contributed by atoms with E-state index in [9.17, 15) is 18.3 Å². The lowest BCUT2D eigenvalue weighted by molar-refractivity contribution is -0.141. The number of aryl methyl sites for hydroxylation is 1. The van der Waals surface area contributed by atoms with Gasteiger partial charge in [0.2, 0.25) is 5.95 Å². The molecule has 0 radical (unpaired) electrons. The van der Waals surface area contributed by atoms with Crippen molar-refractivity contribution < 1.29 is 18.3 Å². The summed E-state index contributed by atoms with van der Waals surface area (Å²) in [6.45, 7) is 5.36. The summed E-state index contributed by atoms with van der Waals surface area (Å²) in [5.41, 5.74) is 5.89. The zero-order valence-electron chi connectivity index (χ0n) is 16.7. The summed E-state index contributed by atoms with van der Waals surface area (Å²) in [6.07, 6.45) is -1.46. The Morgan fingerprint density at radius 1 is 1.23 bits per heavy atom. The molecule has 2 heterocycles. The second-order valence-corrected chi connectivity index (χ2v) is 8.49. The third kappa shape index (κ3) is 5.32. The van der Waals surface area contributed by atoms with Gasteiger partial charge in [0.1, 0.15) is 16.3 Å². The van der Waals surface area contributed by atoms with E-state index >= 15 is 0 Å². The summed E-state index contributed by atoms with van der Waals surface area (Å²) >= 11 is 1.34. The second-order valence-electron chi connectivity index (χ2n) is 7.46. The molecule has 0 spiro atoms. The Labute approximate surface area is 176 Å². The number of hydrogen-bond donors (Lipinski definition) is 3. The van der Waals surface area contributed by atoms with Crippen LogP contribution >= 0.6 is 11.3 Å². The molecule has 0 fully saturated rings. The molecule has 30 heavy (non-hydrogen) atoms. The van der Waals surface area contributed by atoms with Crippen LogP contribution in [-0.2, 0) is 11.8 Å². The molecule has 2 unspecified atom stereocenters. The van der Waals surface area contributed by atoms with Gasteiger partial charge in [-0.25, -0.2) is 15.0 Å². The zero-order chi connectivity index (χ0) is 22.1. The normalized spacial score (nSPS) is 14.9. The highest BCUT2D eigenvalue weighted by molar-refractivity contribution is 7.15. The van der Waals surface area contributed by atoms with E-state index < -0.39 is 17.5 Å². The highest BCUT2D eigenvalue weighted by Gasteiger charge is 2.33. The Bertz CT molecular complexity index is 1030. The van der Waals surface area contributed by atoms with Crippen LogP contribution in [0.3, 0.4) is 0 Å². The van der Waals surface area contributed by atoms with Gasteiger partial charge in [-0.05, 0) is 56.5 Å². The first-order valence-corrected chi connectivity index (χ1v) is 9.99. The standard InChI is InChI=1S/C20H22F3N5OS/c1-11-6-13(15-10-26-17(30-15)19(3,29)9-12(2)24)8-14(7-11)27-18-25-5-4-16(28-18)20(21,22)23/h4-8,10,12,29H,9,24H2,1-3H3,(H,25,27,28). The summed E-state index contributed by atoms with van der Waals surface area (Å²) in [5.74, 6) is -0.147. The Hall–Kier alpha value is -2.56. The number of nitrogens with one attached hydrogen (secondary N) is 1. The third-order valence-corrected chi connectivity index (χ3v) is 5.55. The van der Waals surface area contributed by atoms with E-state index in [0.717, 1.165) is 28.3 Å². The van der Waals surface area contributed by atoms with Crippen molar-refractivity contribution in [3.05, 3.63) is 52.9 Å². The molecule has 10 heteroatoms. The van der Waals surface area contributed by atoms with Gasteiger partial charge in [0.05, 0.1) is 4.88 Å². The SMILES string of the molecule is Cc1cc(Nc2nccc(C(F)(F)F)n2)cc(-c2cnc(C(C)(O)CC(C)N)s2)c1. The number of benzene rings is 1. The molecule has 1 aromatic carbocycles. The van der Waals surface area contributed by atoms with Crippen LogP contribution in [0.1, 0.15) is 36.5 Å². The molecule has 0 aliphatic carbocycles. The van der Waals surface area contributed by atoms with Gasteiger partial charge in [0.15, 0.2) is 0 Å². The van der Waals surface area contributed by atoms with Crippen LogP contribution in [0.2, 0.25) is 0 Å². The number of hydrogen-bond acceptors (Lipinski definition) is 7. The van der Waals surface area contributed by atoms with E-state index in [1.54, 1.807) is 25.3 Å². The van der Waals surface area contributed by atoms with Crippen molar-refractivity contribution in [1.82, 2.24) is 15.0 Å². The molecule has 4 N–H and O–H groups in total. The number of aliphatic hydroxyl groups is 1. The maximum Gasteiger partial charge on any atom is 0.433 e. The fourth-order valence-electron chi connectivity index (χ4n) is 3.07. The fourth-order valence-corrected chi connectivity index (χ4v) is 4.03. The second kappa shape index (κ2) is 8.29. The van der Waals surface area contributed by atoms with E-state index in [1.165, 1.54) is 11.3 Å². The topological polar surface area (TPSA) is 97.0 Å². The summed E-state index contributed by atoms with van der Waals surface area (Å²) in [5, 5.41) is 14.0. The Morgan fingerprint density at radius 3 is 2.63 bits per heavy atom. The molecule has 2 aromatic heterocycles. The van der Waals surface area contributed by atoms with Crippen LogP contribution in [0.5, 0.6) is 0 Å². The van der Waals surface area contributed by atoms with Crippen LogP contribution in [0, 0.1) is 6.92 Å². The van der Waals surface area contributed by atoms with Crippen molar-refractivity contribution in [2.75, 3.05) is 5.32 Å². The molecule has 2 atom stereocenters. The van der Waals surface area contributed by atoms with Crippen molar-refractivity contribution in [1.29, 1.82) is 0 Å². The van der Waals surface area contributed by atoms with Crippen LogP contribution in [0.15, 0.2) is 36.7 Å². The average molecular weight is 437 g/mol. The molecule has 6 nitrogen and oxygen atoms in total. The van der Waals surface area contributed by atoms with Crippen LogP contribution < -0.4 is 11.1 Å². The molecule has 3 rings (SSSR count). The molecule has 0 aliphatic heterocycles. The molecule has 0 aliphatic rings. The van der Waals surface area contributed by atoms with E-state index in [0.29, 0.717) is 17.1 Å². The fraction of sp³-hybridized carbons (Fsp3) is 0.350. The number of aromatic nitrogens is 3. The molecular weight excluding hydrogens is 415 g/mol. The number of nitrogens with two attached hydrogens (primary N) is 1. The molecule has 0 bridgehead atoms. The van der Waals surface area contributed by atoms with Gasteiger partial charge >= 0.3 is 6.18 Å². The Morgan fingerprint density at radius 2 is 1.97 bits per heavy atom. The third-order valence-electron chi connectivity index (χ3n) is 4.25. The van der Waals surface area contributed by atoms with Gasteiger partial charge in [-0.1, -0.05) is 6.07 Å². The van der Waals surface area contributed by atoms with Crippen molar-refractivity contribution in [3.63, 3.8) is 0 Å². The number of alkyl halides is 3. The number of nitrogens with zero attached hydrogens (tertiary/aromatic N) is 3. The van der Waals surface area contributed by atoms with E-state index in [2.05, 4.69) is 20.3 Å². The summed E-state index contributed by atoms with van der Waals surface area (Å²) in [6, 6.07) is 6.11. The van der Waals surface area contributed by atoms with Crippen LogP contribution in [0.4, 0.5) is 24.8 Å². The van der Waals surface area contributed by atoms with Crippen molar-refractivity contribution in [2.24, 2.45) is 5.73 Å². The Kier molecular flexibility index (Phi) is 6.11. The highest BCUT2D eigenvalue weighted by Crippen LogP contribution is 2.36. The predicted molar refractivity (Wildman–Crippen MR) is 110 cm³/mol. The van der Waals surface area contributed by atoms with Gasteiger partial charge in [-0.2, -0.15) is 13.2 Å². The summed E-state index contributed by atoms with van der Waals surface area (Å²) in [7, 11) is 0. The number of thiazole rings is 1. The minimum absolute atomic E-state index is 0.147. The molecule has 0 saturated carbocycles. The lowest BCUT2D eigenvalue weighted by Gasteiger charge is -2.22. The first-order valence-electron chi connectivity index (χ1n) is 9.17. The lowest BCUT2D eigenvalue weighted by atomic mass is 9.99. The molecule has 0 amide bonds. The zero-order valence-corrected chi connectivity index (χ0v) is 17.5. The predicted octanol–water partition coefficient (Wildman–Crippen LogP) is 4.62. The maximum atomic E-state index is 12.9. The van der Waals surface area contributed by atoms with Gasteiger partial charge in [-0.3, -0.25) is 0 Å². The number of rotatable bonds is 6. The van der Waals surface area contributed by atoms with Crippen LogP contribution in [-0.4, -0.2) is 26.1 Å². The minimum atomic E-state index is -4.55. The molecular formula is C20H22F3N5OS. The first-order chi connectivity index (χ1) is 13.9. The van der Waals surface area contributed by atoms with Gasteiger partial charge in [0, 0.05) is 24.1 Å². The first kappa shape index (κ1) is 22.1. The molecule has 160 valence electrons. The smallest absolute Gasteiger partial charge is 0.383 e. The van der Waals surface area contributed by atoms with Crippen molar-refractivity contribution in [2.45, 2.75) is 45.0 Å². The lowest BCUT2D eigenvalue weighted by Crippen LogP contribution is -2.30. The van der Waals surface area contributed by atoms with E-state index in [-0.39, 0.29) is 12.0 Å². The largest absolute Gasteiger partial charge is 0.433 e. The average Bonchev–Trinajstić information content (AvgIpc) is 3.11. The Balaban J connectivity index is 1.88. The van der Waals surface area contributed by atoms with Crippen molar-refractivity contribution in [3.8, 4) is 10.4 Å². The highest BCUT2D eigenvalue weighted by atomic mass is 32.1. The van der Waals surface area contributed by atoms with Gasteiger partial charge in [-0.15, -0.1) is 11.3 Å². The van der Waals surface area contributed by atoms with Crippen molar-refractivity contribution >= 4 is 23.0 Å². The summed E-state index contributed by atoms with van der Waals surface area (Å²) < 4.78 is 38.6. The minimum Gasteiger partial charge on any atom is -0.383 e. The number of anilines is 2. The maximum absolute atomic E-state index is 12.9. The molecule has 3 aromatic rings. The van der Waals surface area contributed by atoms with Crippen LogP contribution in [0.25, 0.3) is 10.4 Å². The number of halogens is 3. The van der Waals surface area contributed by atoms with Gasteiger partial charge in [0.25, 0.3) is 0 Å². The quantitative estimate of drug-likeness (QED) is 0.521. The van der Waals surface area contributed by atoms with E-state index in [4.69, 9.17) is 5.73 Å². The molecule has 0 saturated heterocycles. The summed E-state index contributed by atoms with van der Waals surface area (Å²) in [4.78, 5) is 12.6.